The summed E-state index contributed by atoms with van der Waals surface area (Å²) in [5.74, 6) is 1.64. The van der Waals surface area contributed by atoms with E-state index in [1.54, 1.807) is 0 Å². The van der Waals surface area contributed by atoms with Gasteiger partial charge in [-0.1, -0.05) is 23.8 Å². The van der Waals surface area contributed by atoms with Gasteiger partial charge < -0.3 is 11.1 Å². The number of aromatic nitrogens is 2. The van der Waals surface area contributed by atoms with Crippen LogP contribution in [0.1, 0.15) is 28.2 Å². The lowest BCUT2D eigenvalue weighted by Gasteiger charge is -2.11. The number of aryl methyl sites for hydroxylation is 3. The van der Waals surface area contributed by atoms with Crippen LogP contribution in [-0.4, -0.2) is 16.5 Å². The Balaban J connectivity index is 2.12. The average Bonchev–Trinajstić information content (AvgIpc) is 2.40. The van der Waals surface area contributed by atoms with Crippen LogP contribution in [0.15, 0.2) is 24.3 Å². The van der Waals surface area contributed by atoms with E-state index in [9.17, 15) is 0 Å². The summed E-state index contributed by atoms with van der Waals surface area (Å²) in [6, 6.07) is 8.46. The predicted molar refractivity (Wildman–Crippen MR) is 82.8 cm³/mol. The summed E-state index contributed by atoms with van der Waals surface area (Å²) in [6.45, 7) is 7.51. The predicted octanol–water partition coefficient (Wildman–Crippen LogP) is 2.52. The van der Waals surface area contributed by atoms with E-state index in [1.807, 2.05) is 13.0 Å². The maximum atomic E-state index is 5.58. The van der Waals surface area contributed by atoms with Gasteiger partial charge in [0.25, 0.3) is 0 Å². The van der Waals surface area contributed by atoms with Crippen molar-refractivity contribution in [1.82, 2.24) is 9.97 Å². The third-order valence-corrected chi connectivity index (χ3v) is 3.26. The van der Waals surface area contributed by atoms with Gasteiger partial charge in [-0.15, -0.1) is 0 Å². The van der Waals surface area contributed by atoms with Gasteiger partial charge in [0, 0.05) is 24.7 Å². The van der Waals surface area contributed by atoms with E-state index in [0.29, 0.717) is 6.54 Å². The molecule has 0 bridgehead atoms. The highest BCUT2D eigenvalue weighted by molar-refractivity contribution is 5.39. The Hall–Kier alpha value is -1.94. The summed E-state index contributed by atoms with van der Waals surface area (Å²) >= 11 is 0. The van der Waals surface area contributed by atoms with Crippen LogP contribution in [-0.2, 0) is 13.0 Å². The molecule has 1 heterocycles. The summed E-state index contributed by atoms with van der Waals surface area (Å²) in [5, 5.41) is 3.38. The molecule has 1 aromatic carbocycles. The SMILES string of the molecule is Cc1ccc(C)c(CNc2cc(CCN)nc(C)n2)c1. The number of benzene rings is 1. The van der Waals surface area contributed by atoms with Crippen LogP contribution >= 0.6 is 0 Å². The van der Waals surface area contributed by atoms with Crippen LogP contribution < -0.4 is 11.1 Å². The van der Waals surface area contributed by atoms with E-state index >= 15 is 0 Å². The topological polar surface area (TPSA) is 63.8 Å². The van der Waals surface area contributed by atoms with Crippen molar-refractivity contribution in [3.8, 4) is 0 Å². The molecule has 20 heavy (non-hydrogen) atoms. The van der Waals surface area contributed by atoms with Gasteiger partial charge in [0.2, 0.25) is 0 Å². The standard InChI is InChI=1S/C16H22N4/c1-11-4-5-12(2)14(8-11)10-18-16-9-15(6-7-17)19-13(3)20-16/h4-5,8-9H,6-7,10,17H2,1-3H3,(H,18,19,20). The number of nitrogens with two attached hydrogens (primary N) is 1. The van der Waals surface area contributed by atoms with Crippen molar-refractivity contribution in [3.63, 3.8) is 0 Å². The lowest BCUT2D eigenvalue weighted by Crippen LogP contribution is -2.09. The number of anilines is 1. The minimum Gasteiger partial charge on any atom is -0.366 e. The Kier molecular flexibility index (Phi) is 4.69. The van der Waals surface area contributed by atoms with Gasteiger partial charge in [-0.25, -0.2) is 9.97 Å². The summed E-state index contributed by atoms with van der Waals surface area (Å²) in [5.41, 5.74) is 10.4. The van der Waals surface area contributed by atoms with Crippen LogP contribution in [0.4, 0.5) is 5.82 Å². The molecule has 0 fully saturated rings. The normalized spacial score (nSPS) is 10.6. The highest BCUT2D eigenvalue weighted by atomic mass is 15.0. The second-order valence-corrected chi connectivity index (χ2v) is 5.11. The minimum atomic E-state index is 0.604. The van der Waals surface area contributed by atoms with Gasteiger partial charge in [-0.05, 0) is 38.4 Å². The van der Waals surface area contributed by atoms with Crippen LogP contribution in [0.2, 0.25) is 0 Å². The quantitative estimate of drug-likeness (QED) is 0.876. The molecule has 1 aromatic heterocycles. The second kappa shape index (κ2) is 6.48. The molecule has 0 aliphatic heterocycles. The molecule has 0 saturated heterocycles. The minimum absolute atomic E-state index is 0.604. The van der Waals surface area contributed by atoms with Gasteiger partial charge >= 0.3 is 0 Å². The largest absolute Gasteiger partial charge is 0.366 e. The van der Waals surface area contributed by atoms with Gasteiger partial charge in [0.1, 0.15) is 11.6 Å². The summed E-state index contributed by atoms with van der Waals surface area (Å²) in [4.78, 5) is 8.80. The molecule has 0 amide bonds. The molecule has 0 saturated carbocycles. The average molecular weight is 270 g/mol. The molecular formula is C16H22N4. The van der Waals surface area contributed by atoms with Crippen molar-refractivity contribution in [3.05, 3.63) is 52.5 Å². The van der Waals surface area contributed by atoms with Gasteiger partial charge in [0.05, 0.1) is 0 Å². The second-order valence-electron chi connectivity index (χ2n) is 5.11. The lowest BCUT2D eigenvalue weighted by atomic mass is 10.1. The highest BCUT2D eigenvalue weighted by Gasteiger charge is 2.03. The molecule has 0 aliphatic carbocycles. The first-order valence-corrected chi connectivity index (χ1v) is 6.93. The molecule has 0 spiro atoms. The lowest BCUT2D eigenvalue weighted by molar-refractivity contribution is 0.885. The van der Waals surface area contributed by atoms with Crippen molar-refractivity contribution in [2.24, 2.45) is 5.73 Å². The van der Waals surface area contributed by atoms with Crippen LogP contribution in [0, 0.1) is 20.8 Å². The fourth-order valence-corrected chi connectivity index (χ4v) is 2.17. The number of hydrogen-bond donors (Lipinski definition) is 2. The molecule has 0 unspecified atom stereocenters. The van der Waals surface area contributed by atoms with Gasteiger partial charge in [-0.3, -0.25) is 0 Å². The smallest absolute Gasteiger partial charge is 0.130 e. The molecule has 0 atom stereocenters. The summed E-state index contributed by atoms with van der Waals surface area (Å²) in [6.07, 6.45) is 0.779. The Morgan fingerprint density at radius 1 is 1.10 bits per heavy atom. The monoisotopic (exact) mass is 270 g/mol. The zero-order valence-corrected chi connectivity index (χ0v) is 12.4. The van der Waals surface area contributed by atoms with E-state index in [0.717, 1.165) is 30.3 Å². The molecular weight excluding hydrogens is 248 g/mol. The van der Waals surface area contributed by atoms with E-state index in [2.05, 4.69) is 47.3 Å². The fraction of sp³-hybridized carbons (Fsp3) is 0.375. The molecule has 106 valence electrons. The molecule has 0 aliphatic rings. The number of nitrogens with zero attached hydrogens (tertiary/aromatic N) is 2. The number of hydrogen-bond acceptors (Lipinski definition) is 4. The van der Waals surface area contributed by atoms with Crippen LogP contribution in [0.3, 0.4) is 0 Å². The fourth-order valence-electron chi connectivity index (χ4n) is 2.17. The van der Waals surface area contributed by atoms with E-state index < -0.39 is 0 Å². The first-order chi connectivity index (χ1) is 9.58. The summed E-state index contributed by atoms with van der Waals surface area (Å²) < 4.78 is 0. The first-order valence-electron chi connectivity index (χ1n) is 6.93. The maximum absolute atomic E-state index is 5.58. The summed E-state index contributed by atoms with van der Waals surface area (Å²) in [7, 11) is 0. The highest BCUT2D eigenvalue weighted by Crippen LogP contribution is 2.13. The molecule has 2 rings (SSSR count). The van der Waals surface area contributed by atoms with Crippen molar-refractivity contribution in [1.29, 1.82) is 0 Å². The molecule has 4 heteroatoms. The molecule has 4 nitrogen and oxygen atoms in total. The Bertz CT molecular complexity index is 593. The number of nitrogens with one attached hydrogen (secondary N) is 1. The van der Waals surface area contributed by atoms with Gasteiger partial charge in [0.15, 0.2) is 0 Å². The molecule has 0 radical (unpaired) electrons. The van der Waals surface area contributed by atoms with E-state index in [4.69, 9.17) is 5.73 Å². The van der Waals surface area contributed by atoms with Gasteiger partial charge in [-0.2, -0.15) is 0 Å². The Morgan fingerprint density at radius 3 is 2.65 bits per heavy atom. The zero-order valence-electron chi connectivity index (χ0n) is 12.4. The zero-order chi connectivity index (χ0) is 14.5. The van der Waals surface area contributed by atoms with Crippen molar-refractivity contribution in [2.45, 2.75) is 33.7 Å². The van der Waals surface area contributed by atoms with Crippen molar-refractivity contribution >= 4 is 5.82 Å². The Labute approximate surface area is 120 Å². The third kappa shape index (κ3) is 3.78. The first kappa shape index (κ1) is 14.5. The van der Waals surface area contributed by atoms with Crippen molar-refractivity contribution in [2.75, 3.05) is 11.9 Å². The third-order valence-electron chi connectivity index (χ3n) is 3.26. The maximum Gasteiger partial charge on any atom is 0.130 e. The van der Waals surface area contributed by atoms with E-state index in [1.165, 1.54) is 16.7 Å². The number of rotatable bonds is 5. The van der Waals surface area contributed by atoms with Crippen molar-refractivity contribution < 1.29 is 0 Å². The Morgan fingerprint density at radius 2 is 1.90 bits per heavy atom. The van der Waals surface area contributed by atoms with Crippen LogP contribution in [0.25, 0.3) is 0 Å². The van der Waals surface area contributed by atoms with Crippen LogP contribution in [0.5, 0.6) is 0 Å². The molecule has 3 N–H and O–H groups in total. The molecule has 2 aromatic rings. The van der Waals surface area contributed by atoms with E-state index in [-0.39, 0.29) is 0 Å².